The molecule has 4 heteroatoms. The third kappa shape index (κ3) is 4.26. The number of hydrogen-bond acceptors (Lipinski definition) is 2. The van der Waals surface area contributed by atoms with Crippen LogP contribution in [0.2, 0.25) is 5.02 Å². The Labute approximate surface area is 138 Å². The molecule has 0 aliphatic heterocycles. The van der Waals surface area contributed by atoms with E-state index in [0.717, 1.165) is 16.0 Å². The molecule has 1 nitrogen and oxygen atoms in total. The van der Waals surface area contributed by atoms with E-state index in [0.29, 0.717) is 6.04 Å². The Morgan fingerprint density at radius 1 is 1.15 bits per heavy atom. The Hall–Kier alpha value is -0.480. The van der Waals surface area contributed by atoms with Crippen LogP contribution in [0.15, 0.2) is 56.7 Å². The maximum atomic E-state index is 5.90. The molecule has 1 atom stereocenters. The zero-order chi connectivity index (χ0) is 14.5. The van der Waals surface area contributed by atoms with Crippen LogP contribution in [0.25, 0.3) is 0 Å². The molecule has 0 amide bonds. The largest absolute Gasteiger partial charge is 0.310 e. The van der Waals surface area contributed by atoms with Crippen LogP contribution in [0.3, 0.4) is 0 Å². The Balaban J connectivity index is 2.14. The second kappa shape index (κ2) is 7.51. The Kier molecular flexibility index (Phi) is 5.97. The molecule has 0 aliphatic carbocycles. The van der Waals surface area contributed by atoms with E-state index in [1.807, 2.05) is 24.3 Å². The molecule has 2 rings (SSSR count). The first-order valence-electron chi connectivity index (χ1n) is 6.56. The summed E-state index contributed by atoms with van der Waals surface area (Å²) >= 11 is 11.3. The molecular weight excluding hydrogens is 354 g/mol. The molecule has 0 spiro atoms. The highest BCUT2D eigenvalue weighted by molar-refractivity contribution is 9.10. The van der Waals surface area contributed by atoms with Crippen LogP contribution >= 0.6 is 39.3 Å². The molecule has 0 radical (unpaired) electrons. The molecule has 2 aromatic rings. The van der Waals surface area contributed by atoms with E-state index < -0.39 is 0 Å². The molecule has 1 unspecified atom stereocenters. The van der Waals surface area contributed by atoms with Gasteiger partial charge in [-0.25, -0.2) is 0 Å². The predicted molar refractivity (Wildman–Crippen MR) is 91.8 cm³/mol. The molecule has 0 fully saturated rings. The van der Waals surface area contributed by atoms with Gasteiger partial charge in [0.1, 0.15) is 0 Å². The third-order valence-electron chi connectivity index (χ3n) is 3.00. The minimum absolute atomic E-state index is 0.351. The summed E-state index contributed by atoms with van der Waals surface area (Å²) in [5, 5.41) is 4.20. The lowest BCUT2D eigenvalue weighted by Crippen LogP contribution is -2.17. The number of hydrogen-bond donors (Lipinski definition) is 1. The van der Waals surface area contributed by atoms with Crippen molar-refractivity contribution in [1.82, 2.24) is 5.32 Å². The summed E-state index contributed by atoms with van der Waals surface area (Å²) < 4.78 is 1.14. The quantitative estimate of drug-likeness (QED) is 0.700. The summed E-state index contributed by atoms with van der Waals surface area (Å²) in [6.07, 6.45) is 0. The molecule has 20 heavy (non-hydrogen) atoms. The second-order valence-electron chi connectivity index (χ2n) is 4.52. The van der Waals surface area contributed by atoms with Crippen molar-refractivity contribution in [2.24, 2.45) is 0 Å². The number of nitrogens with one attached hydrogen (secondary N) is 1. The van der Waals surface area contributed by atoms with Gasteiger partial charge < -0.3 is 5.32 Å². The monoisotopic (exact) mass is 369 g/mol. The Bertz CT molecular complexity index is 571. The Morgan fingerprint density at radius 3 is 2.40 bits per heavy atom. The smallest absolute Gasteiger partial charge is 0.0406 e. The van der Waals surface area contributed by atoms with Gasteiger partial charge in [0, 0.05) is 25.3 Å². The van der Waals surface area contributed by atoms with Crippen LogP contribution in [-0.4, -0.2) is 6.54 Å². The average Bonchev–Trinajstić information content (AvgIpc) is 2.42. The lowest BCUT2D eigenvalue weighted by atomic mass is 10.1. The van der Waals surface area contributed by atoms with Crippen molar-refractivity contribution in [2.75, 3.05) is 6.54 Å². The molecule has 0 saturated heterocycles. The van der Waals surface area contributed by atoms with Crippen LogP contribution in [0.5, 0.6) is 0 Å². The average molecular weight is 371 g/mol. The number of halogens is 2. The summed E-state index contributed by atoms with van der Waals surface area (Å²) in [6, 6.07) is 14.8. The van der Waals surface area contributed by atoms with Crippen molar-refractivity contribution in [3.05, 3.63) is 57.5 Å². The van der Waals surface area contributed by atoms with Gasteiger partial charge in [-0.15, -0.1) is 0 Å². The zero-order valence-electron chi connectivity index (χ0n) is 11.5. The molecule has 0 bridgehead atoms. The molecule has 0 aromatic heterocycles. The van der Waals surface area contributed by atoms with Crippen LogP contribution in [-0.2, 0) is 0 Å². The highest BCUT2D eigenvalue weighted by Crippen LogP contribution is 2.33. The van der Waals surface area contributed by atoms with E-state index in [4.69, 9.17) is 11.6 Å². The normalized spacial score (nSPS) is 12.4. The molecule has 106 valence electrons. The highest BCUT2D eigenvalue weighted by atomic mass is 79.9. The van der Waals surface area contributed by atoms with Gasteiger partial charge in [-0.05, 0) is 55.4 Å². The van der Waals surface area contributed by atoms with E-state index >= 15 is 0 Å². The summed E-state index contributed by atoms with van der Waals surface area (Å²) in [6.45, 7) is 5.26. The van der Waals surface area contributed by atoms with Crippen LogP contribution < -0.4 is 5.32 Å². The van der Waals surface area contributed by atoms with Crippen LogP contribution in [0.1, 0.15) is 25.5 Å². The third-order valence-corrected chi connectivity index (χ3v) is 4.93. The number of rotatable bonds is 5. The van der Waals surface area contributed by atoms with Crippen molar-refractivity contribution < 1.29 is 0 Å². The van der Waals surface area contributed by atoms with Gasteiger partial charge in [-0.3, -0.25) is 0 Å². The molecule has 1 N–H and O–H groups in total. The van der Waals surface area contributed by atoms with Gasteiger partial charge in [-0.1, -0.05) is 52.3 Å². The molecule has 0 saturated carbocycles. The van der Waals surface area contributed by atoms with Crippen molar-refractivity contribution in [2.45, 2.75) is 29.7 Å². The first-order valence-corrected chi connectivity index (χ1v) is 8.55. The zero-order valence-corrected chi connectivity index (χ0v) is 14.6. The van der Waals surface area contributed by atoms with Crippen LogP contribution in [0.4, 0.5) is 0 Å². The van der Waals surface area contributed by atoms with Gasteiger partial charge in [0.2, 0.25) is 0 Å². The molecule has 0 heterocycles. The maximum Gasteiger partial charge on any atom is 0.0406 e. The van der Waals surface area contributed by atoms with Gasteiger partial charge >= 0.3 is 0 Å². The summed E-state index contributed by atoms with van der Waals surface area (Å²) in [5.41, 5.74) is 1.28. The molecule has 0 aliphatic rings. The van der Waals surface area contributed by atoms with E-state index in [9.17, 15) is 0 Å². The lowest BCUT2D eigenvalue weighted by Gasteiger charge is -2.15. The van der Waals surface area contributed by atoms with Gasteiger partial charge in [0.25, 0.3) is 0 Å². The SMILES string of the molecule is CCNC(C)c1ccc(Sc2ccc(Cl)cc2)cc1Br. The molecule has 2 aromatic carbocycles. The van der Waals surface area contributed by atoms with E-state index in [1.165, 1.54) is 15.4 Å². The maximum absolute atomic E-state index is 5.90. The summed E-state index contributed by atoms with van der Waals surface area (Å²) in [4.78, 5) is 2.40. The Morgan fingerprint density at radius 2 is 1.80 bits per heavy atom. The fourth-order valence-corrected chi connectivity index (χ4v) is 3.83. The summed E-state index contributed by atoms with van der Waals surface area (Å²) in [5.74, 6) is 0. The first kappa shape index (κ1) is 15.9. The minimum atomic E-state index is 0.351. The fourth-order valence-electron chi connectivity index (χ4n) is 1.98. The highest BCUT2D eigenvalue weighted by Gasteiger charge is 2.09. The lowest BCUT2D eigenvalue weighted by molar-refractivity contribution is 0.595. The van der Waals surface area contributed by atoms with Crippen molar-refractivity contribution >= 4 is 39.3 Å². The van der Waals surface area contributed by atoms with Gasteiger partial charge in [0.05, 0.1) is 0 Å². The van der Waals surface area contributed by atoms with Crippen molar-refractivity contribution in [1.29, 1.82) is 0 Å². The minimum Gasteiger partial charge on any atom is -0.310 e. The predicted octanol–water partition coefficient (Wildman–Crippen LogP) is 5.92. The topological polar surface area (TPSA) is 12.0 Å². The van der Waals surface area contributed by atoms with E-state index in [2.05, 4.69) is 53.3 Å². The van der Waals surface area contributed by atoms with E-state index in [1.54, 1.807) is 11.8 Å². The second-order valence-corrected chi connectivity index (χ2v) is 6.96. The standard InChI is InChI=1S/C16H17BrClNS/c1-3-19-11(2)15-9-8-14(10-16(15)17)20-13-6-4-12(18)5-7-13/h4-11,19H,3H2,1-2H3. The van der Waals surface area contributed by atoms with Gasteiger partial charge in [0.15, 0.2) is 0 Å². The van der Waals surface area contributed by atoms with Gasteiger partial charge in [-0.2, -0.15) is 0 Å². The first-order chi connectivity index (χ1) is 9.60. The number of benzene rings is 2. The molecular formula is C16H17BrClNS. The summed E-state index contributed by atoms with van der Waals surface area (Å²) in [7, 11) is 0. The van der Waals surface area contributed by atoms with E-state index in [-0.39, 0.29) is 0 Å². The fraction of sp³-hybridized carbons (Fsp3) is 0.250. The van der Waals surface area contributed by atoms with Crippen molar-refractivity contribution in [3.8, 4) is 0 Å². The van der Waals surface area contributed by atoms with Crippen molar-refractivity contribution in [3.63, 3.8) is 0 Å². The van der Waals surface area contributed by atoms with Crippen LogP contribution in [0, 0.1) is 0 Å².